The maximum atomic E-state index is 12.6. The highest BCUT2D eigenvalue weighted by Crippen LogP contribution is 2.25. The molecule has 0 aliphatic rings. The van der Waals surface area contributed by atoms with Gasteiger partial charge in [0.25, 0.3) is 5.91 Å². The Morgan fingerprint density at radius 3 is 2.61 bits per heavy atom. The van der Waals surface area contributed by atoms with Crippen LogP contribution in [0.1, 0.15) is 35.9 Å². The summed E-state index contributed by atoms with van der Waals surface area (Å²) >= 11 is 0. The molecule has 0 fully saturated rings. The Labute approximate surface area is 165 Å². The van der Waals surface area contributed by atoms with Crippen molar-refractivity contribution >= 4 is 11.6 Å². The molecule has 3 aromatic rings. The second kappa shape index (κ2) is 9.60. The van der Waals surface area contributed by atoms with Crippen LogP contribution in [-0.4, -0.2) is 22.1 Å². The van der Waals surface area contributed by atoms with Crippen molar-refractivity contribution in [3.8, 4) is 11.5 Å². The Balaban J connectivity index is 1.60. The molecule has 0 aliphatic heterocycles. The van der Waals surface area contributed by atoms with Gasteiger partial charge in [-0.25, -0.2) is 4.98 Å². The van der Waals surface area contributed by atoms with Gasteiger partial charge in [0.1, 0.15) is 23.9 Å². The number of para-hydroxylation sites is 2. The van der Waals surface area contributed by atoms with Crippen molar-refractivity contribution < 1.29 is 14.3 Å². The Morgan fingerprint density at radius 2 is 1.89 bits per heavy atom. The summed E-state index contributed by atoms with van der Waals surface area (Å²) in [5, 5.41) is 2.92. The molecule has 0 radical (unpaired) electrons. The number of hydrogen-bond donors (Lipinski definition) is 1. The molecular weight excluding hydrogens is 354 g/mol. The summed E-state index contributed by atoms with van der Waals surface area (Å²) in [4.78, 5) is 16.8. The minimum atomic E-state index is -0.192. The quantitative estimate of drug-likeness (QED) is 0.559. The Kier molecular flexibility index (Phi) is 6.68. The molecule has 0 unspecified atom stereocenters. The van der Waals surface area contributed by atoms with Crippen LogP contribution < -0.4 is 14.8 Å². The topological polar surface area (TPSA) is 65.4 Å². The van der Waals surface area contributed by atoms with Crippen molar-refractivity contribution in [2.45, 2.75) is 26.4 Å². The summed E-state index contributed by atoms with van der Waals surface area (Å²) in [6, 6.07) is 14.5. The highest BCUT2D eigenvalue weighted by Gasteiger charge is 2.10. The van der Waals surface area contributed by atoms with E-state index in [1.165, 1.54) is 0 Å². The molecule has 0 spiro atoms. The largest absolute Gasteiger partial charge is 0.491 e. The van der Waals surface area contributed by atoms with Crippen LogP contribution in [0.25, 0.3) is 0 Å². The van der Waals surface area contributed by atoms with E-state index in [1.54, 1.807) is 30.5 Å². The molecule has 0 atom stereocenters. The van der Waals surface area contributed by atoms with Crippen LogP contribution in [0.2, 0.25) is 0 Å². The Morgan fingerprint density at radius 1 is 1.11 bits per heavy atom. The first kappa shape index (κ1) is 19.5. The molecule has 3 rings (SSSR count). The molecule has 0 saturated carbocycles. The molecule has 1 amide bonds. The minimum absolute atomic E-state index is 0.192. The second-order valence-electron chi connectivity index (χ2n) is 6.42. The smallest absolute Gasteiger partial charge is 0.255 e. The van der Waals surface area contributed by atoms with Crippen molar-refractivity contribution in [1.29, 1.82) is 0 Å². The summed E-state index contributed by atoms with van der Waals surface area (Å²) in [5.74, 6) is 2.01. The fourth-order valence-electron chi connectivity index (χ4n) is 2.60. The predicted molar refractivity (Wildman–Crippen MR) is 109 cm³/mol. The fraction of sp³-hybridized carbons (Fsp3) is 0.273. The number of anilines is 1. The van der Waals surface area contributed by atoms with Gasteiger partial charge in [0, 0.05) is 25.0 Å². The lowest BCUT2D eigenvalue weighted by molar-refractivity contribution is 0.102. The van der Waals surface area contributed by atoms with Crippen molar-refractivity contribution in [1.82, 2.24) is 9.55 Å². The van der Waals surface area contributed by atoms with Crippen molar-refractivity contribution in [2.75, 3.05) is 11.9 Å². The lowest BCUT2D eigenvalue weighted by atomic mass is 10.2. The number of unbranched alkanes of at least 4 members (excludes halogenated alkanes) is 1. The number of aryl methyl sites for hydroxylation is 1. The SMILES string of the molecule is CCCCOc1ccccc1NC(=O)c1ccc(OCc2nccn2C)cc1. The number of hydrogen-bond acceptors (Lipinski definition) is 4. The van der Waals surface area contributed by atoms with E-state index in [-0.39, 0.29) is 5.91 Å². The van der Waals surface area contributed by atoms with Crippen LogP contribution in [0.4, 0.5) is 5.69 Å². The molecular formula is C22H25N3O3. The Hall–Kier alpha value is -3.28. The van der Waals surface area contributed by atoms with E-state index in [0.717, 1.165) is 18.7 Å². The monoisotopic (exact) mass is 379 g/mol. The van der Waals surface area contributed by atoms with Crippen LogP contribution in [0.5, 0.6) is 11.5 Å². The number of carbonyl (C=O) groups is 1. The first-order valence-electron chi connectivity index (χ1n) is 9.39. The van der Waals surface area contributed by atoms with E-state index in [2.05, 4.69) is 17.2 Å². The van der Waals surface area contributed by atoms with Gasteiger partial charge < -0.3 is 19.4 Å². The molecule has 2 aromatic carbocycles. The summed E-state index contributed by atoms with van der Waals surface area (Å²) in [5.41, 5.74) is 1.21. The third kappa shape index (κ3) is 5.13. The van der Waals surface area contributed by atoms with Crippen molar-refractivity contribution in [3.63, 3.8) is 0 Å². The average Bonchev–Trinajstić information content (AvgIpc) is 3.13. The molecule has 1 aromatic heterocycles. The number of ether oxygens (including phenoxy) is 2. The zero-order chi connectivity index (χ0) is 19.8. The molecule has 1 heterocycles. The molecule has 0 saturated heterocycles. The zero-order valence-corrected chi connectivity index (χ0v) is 16.2. The lowest BCUT2D eigenvalue weighted by Gasteiger charge is -2.12. The van der Waals surface area contributed by atoms with Gasteiger partial charge in [-0.15, -0.1) is 0 Å². The maximum Gasteiger partial charge on any atom is 0.255 e. The molecule has 0 bridgehead atoms. The summed E-state index contributed by atoms with van der Waals surface area (Å²) in [6.07, 6.45) is 5.64. The fourth-order valence-corrected chi connectivity index (χ4v) is 2.60. The molecule has 6 heteroatoms. The van der Waals surface area contributed by atoms with Crippen LogP contribution >= 0.6 is 0 Å². The van der Waals surface area contributed by atoms with Crippen LogP contribution in [0.15, 0.2) is 60.9 Å². The molecule has 0 aliphatic carbocycles. The first-order chi connectivity index (χ1) is 13.7. The summed E-state index contributed by atoms with van der Waals surface area (Å²) < 4.78 is 13.4. The highest BCUT2D eigenvalue weighted by atomic mass is 16.5. The molecule has 1 N–H and O–H groups in total. The van der Waals surface area contributed by atoms with Crippen molar-refractivity contribution in [2.24, 2.45) is 7.05 Å². The van der Waals surface area contributed by atoms with E-state index >= 15 is 0 Å². The Bertz CT molecular complexity index is 903. The number of carbonyl (C=O) groups excluding carboxylic acids is 1. The van der Waals surface area contributed by atoms with Gasteiger partial charge in [0.15, 0.2) is 0 Å². The molecule has 6 nitrogen and oxygen atoms in total. The number of nitrogens with one attached hydrogen (secondary N) is 1. The summed E-state index contributed by atoms with van der Waals surface area (Å²) in [7, 11) is 1.92. The van der Waals surface area contributed by atoms with Gasteiger partial charge in [-0.05, 0) is 42.8 Å². The second-order valence-corrected chi connectivity index (χ2v) is 6.42. The maximum absolute atomic E-state index is 12.6. The van der Waals surface area contributed by atoms with Gasteiger partial charge in [-0.1, -0.05) is 25.5 Å². The highest BCUT2D eigenvalue weighted by molar-refractivity contribution is 6.05. The third-order valence-corrected chi connectivity index (χ3v) is 4.30. The number of imidazole rings is 1. The standard InChI is InChI=1S/C22H25N3O3/c1-3-4-15-27-20-8-6-5-7-19(20)24-22(26)17-9-11-18(12-10-17)28-16-21-23-13-14-25(21)2/h5-14H,3-4,15-16H2,1-2H3,(H,24,26). The van der Waals surface area contributed by atoms with Gasteiger partial charge in [-0.3, -0.25) is 4.79 Å². The van der Waals surface area contributed by atoms with Crippen LogP contribution in [0, 0.1) is 0 Å². The van der Waals surface area contributed by atoms with E-state index in [4.69, 9.17) is 9.47 Å². The number of benzene rings is 2. The van der Waals surface area contributed by atoms with Crippen LogP contribution in [-0.2, 0) is 13.7 Å². The van der Waals surface area contributed by atoms with E-state index in [9.17, 15) is 4.79 Å². The van der Waals surface area contributed by atoms with Crippen LogP contribution in [0.3, 0.4) is 0 Å². The number of nitrogens with zero attached hydrogens (tertiary/aromatic N) is 2. The normalized spacial score (nSPS) is 10.5. The van der Waals surface area contributed by atoms with Gasteiger partial charge in [0.2, 0.25) is 0 Å². The van der Waals surface area contributed by atoms with Gasteiger partial charge in [-0.2, -0.15) is 0 Å². The van der Waals surface area contributed by atoms with E-state index < -0.39 is 0 Å². The summed E-state index contributed by atoms with van der Waals surface area (Å²) in [6.45, 7) is 3.11. The van der Waals surface area contributed by atoms with E-state index in [0.29, 0.717) is 36.0 Å². The molecule has 28 heavy (non-hydrogen) atoms. The molecule has 146 valence electrons. The number of rotatable bonds is 9. The van der Waals surface area contributed by atoms with Gasteiger partial charge >= 0.3 is 0 Å². The zero-order valence-electron chi connectivity index (χ0n) is 16.2. The lowest BCUT2D eigenvalue weighted by Crippen LogP contribution is -2.13. The number of amides is 1. The first-order valence-corrected chi connectivity index (χ1v) is 9.39. The van der Waals surface area contributed by atoms with E-state index in [1.807, 2.05) is 42.1 Å². The van der Waals surface area contributed by atoms with Crippen molar-refractivity contribution in [3.05, 3.63) is 72.3 Å². The number of aromatic nitrogens is 2. The minimum Gasteiger partial charge on any atom is -0.491 e. The van der Waals surface area contributed by atoms with Gasteiger partial charge in [0.05, 0.1) is 12.3 Å². The third-order valence-electron chi connectivity index (χ3n) is 4.30. The predicted octanol–water partition coefficient (Wildman–Crippen LogP) is 4.43. The average molecular weight is 379 g/mol.